The van der Waals surface area contributed by atoms with Gasteiger partial charge in [-0.2, -0.15) is 0 Å². The molecule has 1 rings (SSSR count). The molecule has 1 aromatic rings. The van der Waals surface area contributed by atoms with Crippen molar-refractivity contribution in [1.29, 1.82) is 0 Å². The number of nitrogens with two attached hydrogens (primary N) is 1. The second-order valence-corrected chi connectivity index (χ2v) is 3.44. The minimum atomic E-state index is -0.526. The standard InChI is InChI=1S/C9H10BrN3O2/c1-2-15-9(14)7(3-11)8-12-4-6(10)5-13-8/h3-5H,2,11H2,1H3/b7-3+. The fourth-order valence-electron chi connectivity index (χ4n) is 0.894. The van der Waals surface area contributed by atoms with Crippen molar-refractivity contribution in [3.05, 3.63) is 28.9 Å². The van der Waals surface area contributed by atoms with Crippen molar-refractivity contribution in [2.45, 2.75) is 6.92 Å². The van der Waals surface area contributed by atoms with Crippen molar-refractivity contribution in [2.75, 3.05) is 6.61 Å². The molecule has 0 aliphatic carbocycles. The Morgan fingerprint density at radius 2 is 2.20 bits per heavy atom. The Hall–Kier alpha value is -1.43. The predicted molar refractivity (Wildman–Crippen MR) is 58.5 cm³/mol. The lowest BCUT2D eigenvalue weighted by molar-refractivity contribution is -0.136. The molecule has 0 saturated carbocycles. The lowest BCUT2D eigenvalue weighted by Gasteiger charge is -2.04. The highest BCUT2D eigenvalue weighted by atomic mass is 79.9. The molecule has 0 spiro atoms. The van der Waals surface area contributed by atoms with Gasteiger partial charge in [0.2, 0.25) is 0 Å². The van der Waals surface area contributed by atoms with E-state index in [4.69, 9.17) is 10.5 Å². The quantitative estimate of drug-likeness (QED) is 0.658. The minimum absolute atomic E-state index is 0.157. The molecule has 0 fully saturated rings. The second kappa shape index (κ2) is 5.45. The molecule has 0 aliphatic rings. The van der Waals surface area contributed by atoms with Gasteiger partial charge in [0.15, 0.2) is 5.82 Å². The van der Waals surface area contributed by atoms with E-state index in [0.29, 0.717) is 0 Å². The van der Waals surface area contributed by atoms with Gasteiger partial charge in [0, 0.05) is 18.6 Å². The molecule has 1 aromatic heterocycles. The Bertz CT molecular complexity index is 375. The zero-order valence-electron chi connectivity index (χ0n) is 8.11. The van der Waals surface area contributed by atoms with Crippen LogP contribution < -0.4 is 5.73 Å². The number of rotatable bonds is 3. The number of hydrogen-bond donors (Lipinski definition) is 1. The topological polar surface area (TPSA) is 78.1 Å². The molecule has 15 heavy (non-hydrogen) atoms. The average Bonchev–Trinajstić information content (AvgIpc) is 2.22. The van der Waals surface area contributed by atoms with Gasteiger partial charge in [-0.05, 0) is 22.9 Å². The summed E-state index contributed by atoms with van der Waals surface area (Å²) < 4.78 is 5.53. The van der Waals surface area contributed by atoms with Gasteiger partial charge in [-0.15, -0.1) is 0 Å². The zero-order chi connectivity index (χ0) is 11.3. The van der Waals surface area contributed by atoms with Gasteiger partial charge in [-0.3, -0.25) is 0 Å². The number of nitrogens with zero attached hydrogens (tertiary/aromatic N) is 2. The molecule has 0 aromatic carbocycles. The summed E-state index contributed by atoms with van der Waals surface area (Å²) in [7, 11) is 0. The molecule has 0 bridgehead atoms. The Morgan fingerprint density at radius 3 is 2.67 bits per heavy atom. The van der Waals surface area contributed by atoms with Crippen LogP contribution in [0.25, 0.3) is 5.57 Å². The Morgan fingerprint density at radius 1 is 1.60 bits per heavy atom. The smallest absolute Gasteiger partial charge is 0.343 e. The number of ether oxygens (including phenoxy) is 1. The van der Waals surface area contributed by atoms with Gasteiger partial charge in [-0.25, -0.2) is 14.8 Å². The van der Waals surface area contributed by atoms with E-state index >= 15 is 0 Å². The second-order valence-electron chi connectivity index (χ2n) is 2.53. The van der Waals surface area contributed by atoms with Gasteiger partial charge in [0.05, 0.1) is 11.1 Å². The molecule has 0 radical (unpaired) electrons. The summed E-state index contributed by atoms with van der Waals surface area (Å²) in [5, 5.41) is 0. The Balaban J connectivity index is 2.94. The molecule has 0 unspecified atom stereocenters. The molecule has 80 valence electrons. The molecule has 0 amide bonds. The molecule has 0 aliphatic heterocycles. The van der Waals surface area contributed by atoms with Crippen LogP contribution in [-0.2, 0) is 9.53 Å². The lowest BCUT2D eigenvalue weighted by atomic mass is 10.2. The van der Waals surface area contributed by atoms with Crippen molar-refractivity contribution in [1.82, 2.24) is 9.97 Å². The highest BCUT2D eigenvalue weighted by Crippen LogP contribution is 2.12. The molecule has 0 saturated heterocycles. The van der Waals surface area contributed by atoms with Crippen LogP contribution in [0, 0.1) is 0 Å². The van der Waals surface area contributed by atoms with Crippen LogP contribution >= 0.6 is 15.9 Å². The zero-order valence-corrected chi connectivity index (χ0v) is 9.69. The SMILES string of the molecule is CCOC(=O)/C(=C/N)c1ncc(Br)cn1. The van der Waals surface area contributed by atoms with E-state index in [1.54, 1.807) is 6.92 Å². The number of halogens is 1. The van der Waals surface area contributed by atoms with Crippen LogP contribution in [0.3, 0.4) is 0 Å². The number of esters is 1. The fraction of sp³-hybridized carbons (Fsp3) is 0.222. The van der Waals surface area contributed by atoms with E-state index in [1.807, 2.05) is 0 Å². The van der Waals surface area contributed by atoms with Gasteiger partial charge >= 0.3 is 5.97 Å². The van der Waals surface area contributed by atoms with Gasteiger partial charge < -0.3 is 10.5 Å². The molecule has 6 heteroatoms. The van der Waals surface area contributed by atoms with Gasteiger partial charge in [0.25, 0.3) is 0 Å². The third-order valence-corrected chi connectivity index (χ3v) is 1.93. The van der Waals surface area contributed by atoms with Crippen molar-refractivity contribution < 1.29 is 9.53 Å². The number of aromatic nitrogens is 2. The third kappa shape index (κ3) is 3.02. The third-order valence-electron chi connectivity index (χ3n) is 1.52. The summed E-state index contributed by atoms with van der Waals surface area (Å²) in [6.45, 7) is 2.00. The number of carbonyl (C=O) groups excluding carboxylic acids is 1. The van der Waals surface area contributed by atoms with Crippen molar-refractivity contribution >= 4 is 27.5 Å². The van der Waals surface area contributed by atoms with E-state index in [9.17, 15) is 4.79 Å². The summed E-state index contributed by atoms with van der Waals surface area (Å²) in [6.07, 6.45) is 4.21. The Kier molecular flexibility index (Phi) is 4.23. The van der Waals surface area contributed by atoms with Gasteiger partial charge in [-0.1, -0.05) is 0 Å². The molecule has 0 atom stereocenters. The molecule has 1 heterocycles. The average molecular weight is 272 g/mol. The maximum Gasteiger partial charge on any atom is 0.343 e. The first-order valence-corrected chi connectivity index (χ1v) is 5.05. The lowest BCUT2D eigenvalue weighted by Crippen LogP contribution is -2.10. The molecule has 5 nitrogen and oxygen atoms in total. The number of hydrogen-bond acceptors (Lipinski definition) is 5. The fourth-order valence-corrected chi connectivity index (χ4v) is 1.10. The van der Waals surface area contributed by atoms with E-state index in [1.165, 1.54) is 12.4 Å². The van der Waals surface area contributed by atoms with Crippen LogP contribution in [0.4, 0.5) is 0 Å². The maximum absolute atomic E-state index is 11.4. The highest BCUT2D eigenvalue weighted by molar-refractivity contribution is 9.10. The van der Waals surface area contributed by atoms with E-state index in [0.717, 1.165) is 10.7 Å². The van der Waals surface area contributed by atoms with Crippen LogP contribution in [0.5, 0.6) is 0 Å². The monoisotopic (exact) mass is 271 g/mol. The predicted octanol–water partition coefficient (Wildman–Crippen LogP) is 1.10. The normalized spacial score (nSPS) is 11.2. The summed E-state index contributed by atoms with van der Waals surface area (Å²) >= 11 is 3.19. The van der Waals surface area contributed by atoms with Crippen LogP contribution in [0.2, 0.25) is 0 Å². The molecular weight excluding hydrogens is 262 g/mol. The van der Waals surface area contributed by atoms with Gasteiger partial charge in [0.1, 0.15) is 5.57 Å². The number of carbonyl (C=O) groups is 1. The Labute approximate surface area is 95.5 Å². The van der Waals surface area contributed by atoms with E-state index < -0.39 is 5.97 Å². The van der Waals surface area contributed by atoms with Crippen LogP contribution in [0.1, 0.15) is 12.7 Å². The van der Waals surface area contributed by atoms with Crippen molar-refractivity contribution in [3.8, 4) is 0 Å². The van der Waals surface area contributed by atoms with E-state index in [2.05, 4.69) is 25.9 Å². The largest absolute Gasteiger partial charge is 0.462 e. The highest BCUT2D eigenvalue weighted by Gasteiger charge is 2.14. The van der Waals surface area contributed by atoms with E-state index in [-0.39, 0.29) is 18.0 Å². The maximum atomic E-state index is 11.4. The van der Waals surface area contributed by atoms with Crippen LogP contribution in [-0.4, -0.2) is 22.5 Å². The first-order valence-electron chi connectivity index (χ1n) is 4.26. The minimum Gasteiger partial charge on any atom is -0.462 e. The van der Waals surface area contributed by atoms with Crippen molar-refractivity contribution in [3.63, 3.8) is 0 Å². The van der Waals surface area contributed by atoms with Crippen molar-refractivity contribution in [2.24, 2.45) is 5.73 Å². The first kappa shape index (κ1) is 11.6. The summed E-state index contributed by atoms with van der Waals surface area (Å²) in [6, 6.07) is 0. The summed E-state index contributed by atoms with van der Waals surface area (Å²) in [4.78, 5) is 19.3. The molecule has 2 N–H and O–H groups in total. The summed E-state index contributed by atoms with van der Waals surface area (Å²) in [5.41, 5.74) is 5.48. The first-order chi connectivity index (χ1) is 7.19. The molecular formula is C9H10BrN3O2. The van der Waals surface area contributed by atoms with Crippen LogP contribution in [0.15, 0.2) is 23.1 Å². The summed E-state index contributed by atoms with van der Waals surface area (Å²) in [5.74, 6) is -0.276.